The maximum atomic E-state index is 12.8. The Morgan fingerprint density at radius 2 is 1.83 bits per heavy atom. The Hall–Kier alpha value is -3.04. The summed E-state index contributed by atoms with van der Waals surface area (Å²) in [6, 6.07) is 5.70. The number of hydrogen-bond acceptors (Lipinski definition) is 8. The average molecular weight is 402 g/mol. The highest BCUT2D eigenvalue weighted by Gasteiger charge is 2.31. The summed E-state index contributed by atoms with van der Waals surface area (Å²) in [5.41, 5.74) is -0.974. The van der Waals surface area contributed by atoms with Gasteiger partial charge >= 0.3 is 27.7 Å². The molecule has 1 aromatic carbocycles. The lowest BCUT2D eigenvalue weighted by atomic mass is 9.74. The van der Waals surface area contributed by atoms with Crippen molar-refractivity contribution in [2.75, 3.05) is 9.53 Å². The zero-order valence-electron chi connectivity index (χ0n) is 15.4. The van der Waals surface area contributed by atoms with Crippen molar-refractivity contribution in [2.24, 2.45) is 0 Å². The zero-order valence-corrected chi connectivity index (χ0v) is 15.4. The van der Waals surface area contributed by atoms with E-state index in [2.05, 4.69) is 9.97 Å². The molecule has 1 radical (unpaired) electrons. The van der Waals surface area contributed by atoms with Crippen LogP contribution in [0.2, 0.25) is 13.6 Å². The summed E-state index contributed by atoms with van der Waals surface area (Å²) in [6.07, 6.45) is -2.98. The van der Waals surface area contributed by atoms with Gasteiger partial charge in [-0.3, -0.25) is 0 Å². The van der Waals surface area contributed by atoms with E-state index < -0.39 is 25.8 Å². The van der Waals surface area contributed by atoms with E-state index >= 15 is 0 Å². The van der Waals surface area contributed by atoms with Crippen LogP contribution < -0.4 is 9.53 Å². The minimum atomic E-state index is -4.53. The number of alkyl halides is 3. The van der Waals surface area contributed by atoms with Crippen LogP contribution in [0.1, 0.15) is 11.3 Å². The van der Waals surface area contributed by atoms with Gasteiger partial charge in [-0.1, -0.05) is 0 Å². The Morgan fingerprint density at radius 3 is 2.28 bits per heavy atom. The topological polar surface area (TPSA) is 114 Å². The molecule has 0 bridgehead atoms. The second-order valence-electron chi connectivity index (χ2n) is 5.88. The monoisotopic (exact) mass is 402 g/mol. The molecule has 1 heterocycles. The van der Waals surface area contributed by atoms with Crippen LogP contribution in [0, 0.1) is 11.3 Å². The first-order chi connectivity index (χ1) is 13.6. The molecule has 8 nitrogen and oxygen atoms in total. The molecular formula is C15H14B3F3N5O3. The third kappa shape index (κ3) is 5.07. The van der Waals surface area contributed by atoms with Crippen LogP contribution in [0.5, 0.6) is 0 Å². The number of rotatable bonds is 7. The van der Waals surface area contributed by atoms with Crippen molar-refractivity contribution in [3.63, 3.8) is 0 Å². The Labute approximate surface area is 166 Å². The van der Waals surface area contributed by atoms with E-state index in [9.17, 15) is 33.3 Å². The minimum Gasteiger partial charge on any atom is -0.433 e. The lowest BCUT2D eigenvalue weighted by Crippen LogP contribution is -2.42. The van der Waals surface area contributed by atoms with E-state index in [1.165, 1.54) is 13.6 Å². The summed E-state index contributed by atoms with van der Waals surface area (Å²) in [6.45, 7) is 2.69. The van der Waals surface area contributed by atoms with Crippen molar-refractivity contribution >= 4 is 45.0 Å². The van der Waals surface area contributed by atoms with Gasteiger partial charge < -0.3 is 24.4 Å². The molecule has 0 fully saturated rings. The van der Waals surface area contributed by atoms with E-state index in [4.69, 9.17) is 0 Å². The molecule has 29 heavy (non-hydrogen) atoms. The molecule has 2 rings (SSSR count). The average Bonchev–Trinajstić information content (AvgIpc) is 2.65. The number of nitriles is 1. The predicted octanol–water partition coefficient (Wildman–Crippen LogP) is 1.34. The van der Waals surface area contributed by atoms with E-state index in [0.717, 1.165) is 47.4 Å². The second-order valence-corrected chi connectivity index (χ2v) is 5.88. The molecule has 0 amide bonds. The second kappa shape index (κ2) is 8.98. The minimum absolute atomic E-state index is 0.0151. The van der Waals surface area contributed by atoms with Gasteiger partial charge in [-0.15, -0.1) is 0 Å². The van der Waals surface area contributed by atoms with Gasteiger partial charge in [0.1, 0.15) is 18.1 Å². The van der Waals surface area contributed by atoms with E-state index in [1.54, 1.807) is 6.07 Å². The highest BCUT2D eigenvalue weighted by Crippen LogP contribution is 2.33. The molecular weight excluding hydrogens is 388 g/mol. The first-order valence-electron chi connectivity index (χ1n) is 8.27. The largest absolute Gasteiger partial charge is 0.433 e. The number of hydrogen-bond donors (Lipinski definition) is 2. The summed E-state index contributed by atoms with van der Waals surface area (Å²) in [5, 5.41) is 29.4. The fraction of sp³-hybridized carbons (Fsp3) is 0.200. The third-order valence-electron chi connectivity index (χ3n) is 3.81. The molecule has 0 atom stereocenters. The van der Waals surface area contributed by atoms with Gasteiger partial charge in [0.05, 0.1) is 11.8 Å². The summed E-state index contributed by atoms with van der Waals surface area (Å²) >= 11 is 0. The number of benzene rings is 1. The maximum Gasteiger partial charge on any atom is 0.416 e. The summed E-state index contributed by atoms with van der Waals surface area (Å²) < 4.78 is 39.5. The van der Waals surface area contributed by atoms with Gasteiger partial charge in [-0.05, 0) is 37.9 Å². The summed E-state index contributed by atoms with van der Waals surface area (Å²) in [4.78, 5) is 20.0. The van der Waals surface area contributed by atoms with E-state index in [1.807, 2.05) is 0 Å². The molecule has 1 aromatic heterocycles. The van der Waals surface area contributed by atoms with Crippen molar-refractivity contribution in [3.05, 3.63) is 41.7 Å². The maximum absolute atomic E-state index is 12.8. The molecule has 147 valence electrons. The Kier molecular flexibility index (Phi) is 6.89. The number of aromatic nitrogens is 2. The number of carbonyl (C=O) groups is 1. The summed E-state index contributed by atoms with van der Waals surface area (Å²) in [5.74, 6) is -0.177. The van der Waals surface area contributed by atoms with Crippen molar-refractivity contribution in [1.82, 2.24) is 9.97 Å². The quantitative estimate of drug-likeness (QED) is 0.528. The van der Waals surface area contributed by atoms with Gasteiger partial charge in [0, 0.05) is 5.69 Å². The number of nitrogens with zero attached hydrogens (tertiary/aromatic N) is 5. The Balaban J connectivity index is 2.58. The van der Waals surface area contributed by atoms with Crippen molar-refractivity contribution in [1.29, 1.82) is 5.26 Å². The summed E-state index contributed by atoms with van der Waals surface area (Å²) in [7, 11) is -1.46. The van der Waals surface area contributed by atoms with Gasteiger partial charge in [0.25, 0.3) is 0 Å². The van der Waals surface area contributed by atoms with Crippen LogP contribution in [0.25, 0.3) is 0 Å². The smallest absolute Gasteiger partial charge is 0.416 e. The molecule has 14 heteroatoms. The molecule has 0 aliphatic heterocycles. The predicted molar refractivity (Wildman–Crippen MR) is 103 cm³/mol. The highest BCUT2D eigenvalue weighted by molar-refractivity contribution is 6.82. The third-order valence-corrected chi connectivity index (χ3v) is 3.81. The van der Waals surface area contributed by atoms with Gasteiger partial charge in [0.15, 0.2) is 11.5 Å². The number of halogens is 3. The molecule has 0 aliphatic rings. The van der Waals surface area contributed by atoms with E-state index in [0.29, 0.717) is 6.19 Å². The van der Waals surface area contributed by atoms with Crippen LogP contribution in [0.15, 0.2) is 30.5 Å². The fourth-order valence-electron chi connectivity index (χ4n) is 2.53. The number of carbonyl (C=O) groups excluding carboxylic acids is 1. The van der Waals surface area contributed by atoms with Gasteiger partial charge in [-0.25, -0.2) is 9.97 Å². The van der Waals surface area contributed by atoms with Crippen LogP contribution in [-0.2, 0) is 11.0 Å². The number of anilines is 3. The lowest BCUT2D eigenvalue weighted by molar-refractivity contribution is -0.137. The zero-order chi connectivity index (χ0) is 21.8. The first-order valence-corrected chi connectivity index (χ1v) is 8.27. The molecule has 2 N–H and O–H groups in total. The van der Waals surface area contributed by atoms with Gasteiger partial charge in [0.2, 0.25) is 0 Å². The van der Waals surface area contributed by atoms with Crippen LogP contribution in [0.3, 0.4) is 0 Å². The molecule has 0 saturated carbocycles. The molecule has 2 aromatic rings. The highest BCUT2D eigenvalue weighted by atomic mass is 19.4. The molecule has 0 saturated heterocycles. The first kappa shape index (κ1) is 22.3. The van der Waals surface area contributed by atoms with Crippen molar-refractivity contribution < 1.29 is 28.0 Å². The van der Waals surface area contributed by atoms with Crippen molar-refractivity contribution in [2.45, 2.75) is 19.8 Å². The Morgan fingerprint density at radius 1 is 1.21 bits per heavy atom. The van der Waals surface area contributed by atoms with Crippen LogP contribution >= 0.6 is 0 Å². The van der Waals surface area contributed by atoms with Gasteiger partial charge in [-0.2, -0.15) is 18.4 Å². The normalized spacial score (nSPS) is 10.7. The van der Waals surface area contributed by atoms with Crippen LogP contribution in [-0.4, -0.2) is 47.7 Å². The SMILES string of the molecule is CB(O)N([B]C=O)c1cnc(C#N)c(N(B(C)O)c2ccc(C(F)(F)F)cc2)n1. The lowest BCUT2D eigenvalue weighted by Gasteiger charge is -2.28. The Bertz CT molecular complexity index is 907. The standard InChI is InChI=1S/C15H14B3F3N5O3/c1-17(28)25(11-5-3-10(4-6-11)15(19,20)21)14-12(7-22)23-8-13(24-14)26(16-9-27)18(2)29/h3-6,8-9,28-29H,1-2H3. The molecule has 0 spiro atoms. The fourth-order valence-corrected chi connectivity index (χ4v) is 2.53. The molecule has 0 aliphatic carbocycles. The molecule has 0 unspecified atom stereocenters. The van der Waals surface area contributed by atoms with Crippen molar-refractivity contribution in [3.8, 4) is 6.07 Å². The van der Waals surface area contributed by atoms with E-state index in [-0.39, 0.29) is 23.0 Å². The van der Waals surface area contributed by atoms with Crippen LogP contribution in [0.4, 0.5) is 30.5 Å².